The van der Waals surface area contributed by atoms with Gasteiger partial charge in [0.1, 0.15) is 5.75 Å². The van der Waals surface area contributed by atoms with Gasteiger partial charge in [-0.05, 0) is 44.0 Å². The Morgan fingerprint density at radius 3 is 2.26 bits per heavy atom. The molecule has 0 aliphatic carbocycles. The van der Waals surface area contributed by atoms with Crippen molar-refractivity contribution in [2.75, 3.05) is 26.2 Å². The van der Waals surface area contributed by atoms with E-state index in [2.05, 4.69) is 5.32 Å². The summed E-state index contributed by atoms with van der Waals surface area (Å²) in [7, 11) is 0. The topological polar surface area (TPSA) is 75.7 Å². The molecule has 1 aromatic carbocycles. The van der Waals surface area contributed by atoms with Gasteiger partial charge in [-0.15, -0.1) is 0 Å². The van der Waals surface area contributed by atoms with Crippen LogP contribution in [0.2, 0.25) is 0 Å². The molecule has 0 bridgehead atoms. The Balaban J connectivity index is 1.65. The Hall–Kier alpha value is -2.37. The first-order valence-corrected chi connectivity index (χ1v) is 9.90. The molecule has 1 N–H and O–H groups in total. The van der Waals surface area contributed by atoms with Crippen molar-refractivity contribution >= 4 is 17.6 Å². The number of ketones is 1. The Kier molecular flexibility index (Phi) is 8.81. The number of amides is 2. The van der Waals surface area contributed by atoms with Crippen LogP contribution in [0, 0.1) is 0 Å². The summed E-state index contributed by atoms with van der Waals surface area (Å²) in [5.41, 5.74) is 0.572. The minimum Gasteiger partial charge on any atom is -0.494 e. The molecule has 0 saturated carbocycles. The fourth-order valence-corrected chi connectivity index (χ4v) is 3.15. The molecule has 1 aromatic rings. The minimum absolute atomic E-state index is 0.0751. The van der Waals surface area contributed by atoms with E-state index in [1.807, 2.05) is 11.8 Å². The van der Waals surface area contributed by atoms with Crippen molar-refractivity contribution in [1.82, 2.24) is 10.2 Å². The zero-order valence-corrected chi connectivity index (χ0v) is 16.2. The molecule has 27 heavy (non-hydrogen) atoms. The van der Waals surface area contributed by atoms with Gasteiger partial charge in [-0.2, -0.15) is 0 Å². The van der Waals surface area contributed by atoms with E-state index in [0.29, 0.717) is 25.1 Å². The molecule has 0 unspecified atom stereocenters. The van der Waals surface area contributed by atoms with Crippen molar-refractivity contribution in [3.8, 4) is 5.75 Å². The van der Waals surface area contributed by atoms with Crippen LogP contribution < -0.4 is 10.1 Å². The smallest absolute Gasteiger partial charge is 0.224 e. The van der Waals surface area contributed by atoms with Crippen LogP contribution in [-0.4, -0.2) is 48.7 Å². The normalized spacial score (nSPS) is 14.3. The van der Waals surface area contributed by atoms with Crippen molar-refractivity contribution in [2.45, 2.75) is 51.9 Å². The maximum Gasteiger partial charge on any atom is 0.224 e. The number of hydrogen-bond acceptors (Lipinski definition) is 4. The number of Topliss-reactive ketones (excluding diaryl/α,β-unsaturated/α-hetero) is 1. The second kappa shape index (κ2) is 11.4. The Morgan fingerprint density at radius 2 is 1.63 bits per heavy atom. The van der Waals surface area contributed by atoms with Gasteiger partial charge in [0.2, 0.25) is 11.8 Å². The van der Waals surface area contributed by atoms with Gasteiger partial charge < -0.3 is 15.0 Å². The summed E-state index contributed by atoms with van der Waals surface area (Å²) in [4.78, 5) is 38.1. The fourth-order valence-electron chi connectivity index (χ4n) is 3.15. The van der Waals surface area contributed by atoms with Crippen molar-refractivity contribution < 1.29 is 19.1 Å². The van der Waals surface area contributed by atoms with Crippen LogP contribution in [0.4, 0.5) is 0 Å². The fraction of sp³-hybridized carbons (Fsp3) is 0.571. The van der Waals surface area contributed by atoms with Crippen LogP contribution in [0.3, 0.4) is 0 Å². The quantitative estimate of drug-likeness (QED) is 0.674. The molecule has 1 saturated heterocycles. The van der Waals surface area contributed by atoms with Crippen LogP contribution in [0.1, 0.15) is 62.2 Å². The van der Waals surface area contributed by atoms with Crippen LogP contribution in [0.15, 0.2) is 24.3 Å². The molecule has 6 heteroatoms. The largest absolute Gasteiger partial charge is 0.494 e. The predicted molar refractivity (Wildman–Crippen MR) is 104 cm³/mol. The molecule has 0 aromatic heterocycles. The first kappa shape index (κ1) is 20.9. The number of carbonyl (C=O) groups excluding carboxylic acids is 3. The third kappa shape index (κ3) is 7.41. The number of nitrogens with one attached hydrogen (secondary N) is 1. The van der Waals surface area contributed by atoms with Gasteiger partial charge in [0.25, 0.3) is 0 Å². The third-order valence-corrected chi connectivity index (χ3v) is 4.69. The number of ether oxygens (including phenoxy) is 1. The molecule has 2 rings (SSSR count). The first-order valence-electron chi connectivity index (χ1n) is 9.90. The maximum absolute atomic E-state index is 12.2. The lowest BCUT2D eigenvalue weighted by atomic mass is 10.1. The van der Waals surface area contributed by atoms with Crippen LogP contribution >= 0.6 is 0 Å². The highest BCUT2D eigenvalue weighted by atomic mass is 16.5. The summed E-state index contributed by atoms with van der Waals surface area (Å²) >= 11 is 0. The minimum atomic E-state index is -0.196. The van der Waals surface area contributed by atoms with Crippen molar-refractivity contribution in [3.05, 3.63) is 29.8 Å². The summed E-state index contributed by atoms with van der Waals surface area (Å²) in [6.45, 7) is 4.45. The van der Waals surface area contributed by atoms with E-state index in [-0.39, 0.29) is 30.4 Å². The average Bonchev–Trinajstić information content (AvgIpc) is 2.96. The van der Waals surface area contributed by atoms with Gasteiger partial charge in [0, 0.05) is 44.5 Å². The van der Waals surface area contributed by atoms with E-state index < -0.39 is 0 Å². The second-order valence-corrected chi connectivity index (χ2v) is 6.78. The number of nitrogens with zero attached hydrogens (tertiary/aromatic N) is 1. The van der Waals surface area contributed by atoms with E-state index in [1.165, 1.54) is 12.8 Å². The highest BCUT2D eigenvalue weighted by Gasteiger charge is 2.15. The summed E-state index contributed by atoms with van der Waals surface area (Å²) in [5.74, 6) is 0.551. The molecule has 0 radical (unpaired) electrons. The molecule has 0 spiro atoms. The summed E-state index contributed by atoms with van der Waals surface area (Å²) in [6.07, 6.45) is 5.09. The molecular weight excluding hydrogens is 344 g/mol. The molecule has 1 heterocycles. The Labute approximate surface area is 161 Å². The van der Waals surface area contributed by atoms with Gasteiger partial charge in [-0.25, -0.2) is 0 Å². The van der Waals surface area contributed by atoms with E-state index >= 15 is 0 Å². The summed E-state index contributed by atoms with van der Waals surface area (Å²) < 4.78 is 5.35. The van der Waals surface area contributed by atoms with Gasteiger partial charge in [0.05, 0.1) is 6.61 Å². The van der Waals surface area contributed by atoms with Gasteiger partial charge in [0.15, 0.2) is 5.78 Å². The number of benzene rings is 1. The van der Waals surface area contributed by atoms with Crippen molar-refractivity contribution in [3.63, 3.8) is 0 Å². The number of carbonyl (C=O) groups is 3. The van der Waals surface area contributed by atoms with E-state index in [0.717, 1.165) is 31.7 Å². The summed E-state index contributed by atoms with van der Waals surface area (Å²) in [6, 6.07) is 6.94. The predicted octanol–water partition coefficient (Wildman–Crippen LogP) is 2.96. The second-order valence-electron chi connectivity index (χ2n) is 6.78. The Bertz CT molecular complexity index is 620. The number of likely N-dealkylation sites (tertiary alicyclic amines) is 1. The van der Waals surface area contributed by atoms with Crippen LogP contribution in [0.25, 0.3) is 0 Å². The van der Waals surface area contributed by atoms with Gasteiger partial charge >= 0.3 is 0 Å². The highest BCUT2D eigenvalue weighted by Crippen LogP contribution is 2.14. The molecule has 1 aliphatic heterocycles. The van der Waals surface area contributed by atoms with Crippen LogP contribution in [-0.2, 0) is 9.59 Å². The zero-order chi connectivity index (χ0) is 19.5. The number of rotatable bonds is 9. The molecule has 0 atom stereocenters. The van der Waals surface area contributed by atoms with E-state index in [4.69, 9.17) is 4.74 Å². The summed E-state index contributed by atoms with van der Waals surface area (Å²) in [5, 5.41) is 2.74. The van der Waals surface area contributed by atoms with Crippen LogP contribution in [0.5, 0.6) is 5.75 Å². The first-order chi connectivity index (χ1) is 13.1. The lowest BCUT2D eigenvalue weighted by Crippen LogP contribution is -2.35. The standard InChI is InChI=1S/C21H30N2O4/c1-2-27-18-9-7-17(8-10-18)19(24)11-12-20(25)22-14-13-21(26)23-15-5-3-4-6-16-23/h7-10H,2-6,11-16H2,1H3,(H,22,25). The van der Waals surface area contributed by atoms with E-state index in [9.17, 15) is 14.4 Å². The van der Waals surface area contributed by atoms with Gasteiger partial charge in [-0.3, -0.25) is 14.4 Å². The van der Waals surface area contributed by atoms with E-state index in [1.54, 1.807) is 24.3 Å². The lowest BCUT2D eigenvalue weighted by molar-refractivity contribution is -0.131. The zero-order valence-electron chi connectivity index (χ0n) is 16.2. The maximum atomic E-state index is 12.2. The van der Waals surface area contributed by atoms with Crippen molar-refractivity contribution in [2.24, 2.45) is 0 Å². The molecule has 1 fully saturated rings. The SMILES string of the molecule is CCOc1ccc(C(=O)CCC(=O)NCCC(=O)N2CCCCCC2)cc1. The highest BCUT2D eigenvalue weighted by molar-refractivity contribution is 5.98. The average molecular weight is 374 g/mol. The van der Waals surface area contributed by atoms with Gasteiger partial charge in [-0.1, -0.05) is 12.8 Å². The molecule has 148 valence electrons. The Morgan fingerprint density at radius 1 is 0.963 bits per heavy atom. The molecule has 6 nitrogen and oxygen atoms in total. The lowest BCUT2D eigenvalue weighted by Gasteiger charge is -2.20. The number of hydrogen-bond donors (Lipinski definition) is 1. The molecule has 2 amide bonds. The van der Waals surface area contributed by atoms with Crippen molar-refractivity contribution in [1.29, 1.82) is 0 Å². The third-order valence-electron chi connectivity index (χ3n) is 4.69. The molecule has 1 aliphatic rings. The monoisotopic (exact) mass is 374 g/mol. The molecular formula is C21H30N2O4.